The van der Waals surface area contributed by atoms with E-state index in [1.54, 1.807) is 0 Å². The van der Waals surface area contributed by atoms with E-state index in [0.29, 0.717) is 12.2 Å². The van der Waals surface area contributed by atoms with Gasteiger partial charge in [-0.25, -0.2) is 0 Å². The fourth-order valence-electron chi connectivity index (χ4n) is 4.83. The molecule has 1 atom stereocenters. The van der Waals surface area contributed by atoms with E-state index in [1.807, 2.05) is 0 Å². The van der Waals surface area contributed by atoms with Crippen LogP contribution in [0.4, 0.5) is 0 Å². The lowest BCUT2D eigenvalue weighted by Gasteiger charge is -2.35. The van der Waals surface area contributed by atoms with Gasteiger partial charge in [0.15, 0.2) is 0 Å². The molecule has 30 heavy (non-hydrogen) atoms. The van der Waals surface area contributed by atoms with Gasteiger partial charge in [0.25, 0.3) is 0 Å². The SMILES string of the molecule is CCCCCCCCCCCCCCCN1C=CN(C(C)C)C1CCCCCCC. The highest BCUT2D eigenvalue weighted by molar-refractivity contribution is 4.98. The summed E-state index contributed by atoms with van der Waals surface area (Å²) in [5.41, 5.74) is 0. The first-order valence-electron chi connectivity index (χ1n) is 13.9. The molecule has 0 bridgehead atoms. The van der Waals surface area contributed by atoms with Crippen molar-refractivity contribution in [2.75, 3.05) is 6.54 Å². The normalized spacial score (nSPS) is 16.4. The third kappa shape index (κ3) is 12.9. The molecule has 0 saturated heterocycles. The van der Waals surface area contributed by atoms with Crippen molar-refractivity contribution in [2.24, 2.45) is 0 Å². The predicted octanol–water partition coefficient (Wildman–Crippen LogP) is 9.26. The Balaban J connectivity index is 2.05. The molecule has 1 heterocycles. The minimum Gasteiger partial charge on any atom is -0.356 e. The molecule has 0 aromatic heterocycles. The van der Waals surface area contributed by atoms with Crippen LogP contribution < -0.4 is 0 Å². The Morgan fingerprint density at radius 2 is 1.00 bits per heavy atom. The Morgan fingerprint density at radius 3 is 1.47 bits per heavy atom. The number of hydrogen-bond donors (Lipinski definition) is 0. The van der Waals surface area contributed by atoms with Crippen LogP contribution in [0.2, 0.25) is 0 Å². The molecule has 0 aromatic carbocycles. The molecular formula is C28H56N2. The van der Waals surface area contributed by atoms with Crippen LogP contribution in [0.1, 0.15) is 150 Å². The Labute approximate surface area is 190 Å². The summed E-state index contributed by atoms with van der Waals surface area (Å²) in [6.45, 7) is 10.5. The Kier molecular flexibility index (Phi) is 17.4. The molecule has 1 aliphatic heterocycles. The summed E-state index contributed by atoms with van der Waals surface area (Å²) in [7, 11) is 0. The molecule has 1 aliphatic rings. The van der Waals surface area contributed by atoms with Crippen LogP contribution >= 0.6 is 0 Å². The summed E-state index contributed by atoms with van der Waals surface area (Å²) in [5.74, 6) is 0. The number of nitrogens with zero attached hydrogens (tertiary/aromatic N) is 2. The summed E-state index contributed by atoms with van der Waals surface area (Å²) in [5, 5.41) is 0. The van der Waals surface area contributed by atoms with E-state index in [0.717, 1.165) is 0 Å². The summed E-state index contributed by atoms with van der Waals surface area (Å²) in [6, 6.07) is 0.610. The first kappa shape index (κ1) is 27.4. The van der Waals surface area contributed by atoms with Crippen LogP contribution in [0.25, 0.3) is 0 Å². The molecule has 0 aromatic rings. The topological polar surface area (TPSA) is 6.48 Å². The van der Waals surface area contributed by atoms with Crippen LogP contribution in [0, 0.1) is 0 Å². The molecule has 0 aliphatic carbocycles. The van der Waals surface area contributed by atoms with Crippen molar-refractivity contribution in [3.63, 3.8) is 0 Å². The molecule has 0 fully saturated rings. The molecule has 2 heteroatoms. The lowest BCUT2D eigenvalue weighted by atomic mass is 10.0. The summed E-state index contributed by atoms with van der Waals surface area (Å²) < 4.78 is 0. The lowest BCUT2D eigenvalue weighted by Crippen LogP contribution is -2.42. The van der Waals surface area contributed by atoms with Gasteiger partial charge in [0.2, 0.25) is 0 Å². The second-order valence-corrected chi connectivity index (χ2v) is 10.0. The summed E-state index contributed by atoms with van der Waals surface area (Å²) in [4.78, 5) is 5.22. The van der Waals surface area contributed by atoms with Gasteiger partial charge in [-0.05, 0) is 33.1 Å². The van der Waals surface area contributed by atoms with Gasteiger partial charge in [-0.2, -0.15) is 0 Å². The Hall–Kier alpha value is -0.660. The van der Waals surface area contributed by atoms with Gasteiger partial charge in [-0.3, -0.25) is 0 Å². The molecule has 178 valence electrons. The molecule has 0 amide bonds. The molecule has 1 unspecified atom stereocenters. The summed E-state index contributed by atoms with van der Waals surface area (Å²) in [6.07, 6.45) is 32.3. The van der Waals surface area contributed by atoms with E-state index in [2.05, 4.69) is 49.9 Å². The van der Waals surface area contributed by atoms with E-state index >= 15 is 0 Å². The molecule has 0 N–H and O–H groups in total. The molecule has 0 spiro atoms. The molecular weight excluding hydrogens is 364 g/mol. The third-order valence-electron chi connectivity index (χ3n) is 6.84. The number of rotatable bonds is 21. The van der Waals surface area contributed by atoms with Crippen molar-refractivity contribution in [1.29, 1.82) is 0 Å². The van der Waals surface area contributed by atoms with Crippen molar-refractivity contribution in [1.82, 2.24) is 9.80 Å². The van der Waals surface area contributed by atoms with Crippen molar-refractivity contribution >= 4 is 0 Å². The second-order valence-electron chi connectivity index (χ2n) is 10.0. The number of unbranched alkanes of at least 4 members (excludes halogenated alkanes) is 16. The van der Waals surface area contributed by atoms with E-state index in [1.165, 1.54) is 129 Å². The first-order valence-corrected chi connectivity index (χ1v) is 13.9. The maximum Gasteiger partial charge on any atom is 0.101 e. The van der Waals surface area contributed by atoms with E-state index in [9.17, 15) is 0 Å². The third-order valence-corrected chi connectivity index (χ3v) is 6.84. The van der Waals surface area contributed by atoms with Crippen LogP contribution in [0.15, 0.2) is 12.4 Å². The van der Waals surface area contributed by atoms with Crippen LogP contribution in [-0.4, -0.2) is 28.6 Å². The lowest BCUT2D eigenvalue weighted by molar-refractivity contribution is 0.114. The quantitative estimate of drug-likeness (QED) is 0.171. The highest BCUT2D eigenvalue weighted by Gasteiger charge is 2.26. The van der Waals surface area contributed by atoms with Crippen molar-refractivity contribution in [3.05, 3.63) is 12.4 Å². The molecule has 0 saturated carbocycles. The maximum absolute atomic E-state index is 2.64. The highest BCUT2D eigenvalue weighted by Crippen LogP contribution is 2.24. The van der Waals surface area contributed by atoms with Gasteiger partial charge in [-0.1, -0.05) is 117 Å². The van der Waals surface area contributed by atoms with Gasteiger partial charge in [-0.15, -0.1) is 0 Å². The highest BCUT2D eigenvalue weighted by atomic mass is 15.4. The predicted molar refractivity (Wildman–Crippen MR) is 136 cm³/mol. The van der Waals surface area contributed by atoms with E-state index in [4.69, 9.17) is 0 Å². The van der Waals surface area contributed by atoms with E-state index < -0.39 is 0 Å². The fraction of sp³-hybridized carbons (Fsp3) is 0.929. The smallest absolute Gasteiger partial charge is 0.101 e. The number of hydrogen-bond acceptors (Lipinski definition) is 2. The van der Waals surface area contributed by atoms with E-state index in [-0.39, 0.29) is 0 Å². The van der Waals surface area contributed by atoms with Crippen molar-refractivity contribution in [3.8, 4) is 0 Å². The summed E-state index contributed by atoms with van der Waals surface area (Å²) >= 11 is 0. The zero-order valence-electron chi connectivity index (χ0n) is 21.3. The van der Waals surface area contributed by atoms with Crippen LogP contribution in [-0.2, 0) is 0 Å². The zero-order chi connectivity index (χ0) is 21.9. The Morgan fingerprint density at radius 1 is 0.567 bits per heavy atom. The minimum absolute atomic E-state index is 0.610. The molecule has 2 nitrogen and oxygen atoms in total. The van der Waals surface area contributed by atoms with Crippen LogP contribution in [0.5, 0.6) is 0 Å². The Bertz CT molecular complexity index is 390. The fourth-order valence-corrected chi connectivity index (χ4v) is 4.83. The first-order chi connectivity index (χ1) is 14.7. The molecule has 0 radical (unpaired) electrons. The van der Waals surface area contributed by atoms with Crippen molar-refractivity contribution in [2.45, 2.75) is 162 Å². The van der Waals surface area contributed by atoms with Gasteiger partial charge >= 0.3 is 0 Å². The van der Waals surface area contributed by atoms with Gasteiger partial charge in [0.05, 0.1) is 0 Å². The molecule has 1 rings (SSSR count). The largest absolute Gasteiger partial charge is 0.356 e. The average molecular weight is 421 g/mol. The van der Waals surface area contributed by atoms with Crippen LogP contribution in [0.3, 0.4) is 0 Å². The second kappa shape index (κ2) is 19.1. The van der Waals surface area contributed by atoms with Gasteiger partial charge in [0.1, 0.15) is 6.17 Å². The van der Waals surface area contributed by atoms with Gasteiger partial charge < -0.3 is 9.80 Å². The zero-order valence-corrected chi connectivity index (χ0v) is 21.3. The maximum atomic E-state index is 2.64. The minimum atomic E-state index is 0.610. The standard InChI is InChI=1S/C28H56N2/c1-5-7-9-11-12-13-14-15-16-17-18-20-22-24-29-25-26-30(27(3)4)28(29)23-21-19-10-8-6-2/h25-28H,5-24H2,1-4H3. The van der Waals surface area contributed by atoms with Gasteiger partial charge in [0, 0.05) is 25.0 Å². The monoisotopic (exact) mass is 420 g/mol. The van der Waals surface area contributed by atoms with Crippen molar-refractivity contribution < 1.29 is 0 Å². The average Bonchev–Trinajstić information content (AvgIpc) is 3.14.